The average Bonchev–Trinajstić information content (AvgIpc) is 3.73. The Morgan fingerprint density at radius 1 is 1.10 bits per heavy atom. The minimum absolute atomic E-state index is 0.148. The topological polar surface area (TPSA) is 111 Å². The number of rotatable bonds is 6. The van der Waals surface area contributed by atoms with Crippen LogP contribution in [0.5, 0.6) is 5.88 Å². The number of halogens is 3. The summed E-state index contributed by atoms with van der Waals surface area (Å²) in [6.07, 6.45) is 1.81. The molecule has 1 aliphatic heterocycles. The summed E-state index contributed by atoms with van der Waals surface area (Å²) in [5.74, 6) is 1.71. The fourth-order valence-corrected chi connectivity index (χ4v) is 4.80. The van der Waals surface area contributed by atoms with Gasteiger partial charge in [0.05, 0.1) is 19.0 Å². The van der Waals surface area contributed by atoms with Gasteiger partial charge in [-0.05, 0) is 18.4 Å². The normalized spacial score (nSPS) is 15.4. The van der Waals surface area contributed by atoms with E-state index in [9.17, 15) is 18.0 Å². The monoisotopic (exact) mass is 550 g/mol. The van der Waals surface area contributed by atoms with E-state index in [4.69, 9.17) is 9.72 Å². The molecule has 0 bridgehead atoms. The highest BCUT2D eigenvalue weighted by atomic mass is 19.4. The molecule has 40 heavy (non-hydrogen) atoms. The van der Waals surface area contributed by atoms with Crippen molar-refractivity contribution in [3.05, 3.63) is 59.9 Å². The second-order valence-corrected chi connectivity index (χ2v) is 9.82. The first kappa shape index (κ1) is 25.7. The average molecular weight is 551 g/mol. The van der Waals surface area contributed by atoms with Crippen molar-refractivity contribution in [2.75, 3.05) is 23.9 Å². The predicted octanol–water partition coefficient (Wildman–Crippen LogP) is 4.59. The molecule has 0 unspecified atom stereocenters. The number of methoxy groups -OCH3 is 1. The van der Waals surface area contributed by atoms with E-state index in [-0.39, 0.29) is 18.2 Å². The highest BCUT2D eigenvalue weighted by molar-refractivity contribution is 5.95. The van der Waals surface area contributed by atoms with Crippen molar-refractivity contribution < 1.29 is 22.7 Å². The van der Waals surface area contributed by atoms with Crippen LogP contribution in [0.1, 0.15) is 42.1 Å². The summed E-state index contributed by atoms with van der Waals surface area (Å²) in [7, 11) is 3.07. The molecule has 1 aromatic carbocycles. The molecule has 0 spiro atoms. The number of alkyl halides is 3. The number of carbonyl (C=O) groups is 1. The molecule has 0 atom stereocenters. The van der Waals surface area contributed by atoms with E-state index >= 15 is 0 Å². The van der Waals surface area contributed by atoms with Crippen LogP contribution in [0.4, 0.5) is 24.7 Å². The van der Waals surface area contributed by atoms with Crippen LogP contribution in [0.2, 0.25) is 0 Å². The maximum Gasteiger partial charge on any atom is 0.434 e. The van der Waals surface area contributed by atoms with Crippen molar-refractivity contribution in [1.29, 1.82) is 0 Å². The third-order valence-corrected chi connectivity index (χ3v) is 6.93. The fraction of sp³-hybridized carbons (Fsp3) is 0.333. The Bertz CT molecular complexity index is 1580. The van der Waals surface area contributed by atoms with Gasteiger partial charge in [0.15, 0.2) is 17.3 Å². The van der Waals surface area contributed by atoms with Gasteiger partial charge in [0.25, 0.3) is 0 Å². The first-order valence-corrected chi connectivity index (χ1v) is 12.7. The Morgan fingerprint density at radius 2 is 1.88 bits per heavy atom. The van der Waals surface area contributed by atoms with Gasteiger partial charge in [-0.15, -0.1) is 0 Å². The molecule has 3 aromatic heterocycles. The summed E-state index contributed by atoms with van der Waals surface area (Å²) in [4.78, 5) is 36.3. The Labute approximate surface area is 227 Å². The van der Waals surface area contributed by atoms with Crippen LogP contribution in [0.15, 0.2) is 43.0 Å². The molecular weight excluding hydrogens is 525 g/mol. The van der Waals surface area contributed by atoms with Crippen molar-refractivity contribution >= 4 is 17.4 Å². The van der Waals surface area contributed by atoms with Gasteiger partial charge in [-0.2, -0.15) is 13.2 Å². The largest absolute Gasteiger partial charge is 0.480 e. The van der Waals surface area contributed by atoms with Gasteiger partial charge in [0.1, 0.15) is 23.4 Å². The van der Waals surface area contributed by atoms with E-state index < -0.39 is 11.9 Å². The first-order chi connectivity index (χ1) is 19.2. The number of imidazole rings is 1. The van der Waals surface area contributed by atoms with E-state index in [1.54, 1.807) is 18.3 Å². The number of aromatic nitrogens is 6. The van der Waals surface area contributed by atoms with Crippen LogP contribution in [0.25, 0.3) is 22.8 Å². The summed E-state index contributed by atoms with van der Waals surface area (Å²) in [5, 5.41) is 2.88. The summed E-state index contributed by atoms with van der Waals surface area (Å²) in [6, 6.07) is 7.13. The van der Waals surface area contributed by atoms with Gasteiger partial charge in [-0.1, -0.05) is 24.3 Å². The lowest BCUT2D eigenvalue weighted by Crippen LogP contribution is -2.25. The van der Waals surface area contributed by atoms with Gasteiger partial charge in [0.2, 0.25) is 11.8 Å². The molecular formula is C27H25F3N8O2. The van der Waals surface area contributed by atoms with E-state index in [1.165, 1.54) is 25.1 Å². The highest BCUT2D eigenvalue weighted by Crippen LogP contribution is 2.45. The number of amides is 1. The standard InChI is InChI=1S/C27H25F3N8O2/c1-37-13-19(27(28,29)30)35-24(37)17-5-3-15(4-6-17)12-38-10-9-20(39)34-18-11-31-23(36-25(18)38)21-22(16-7-8-16)32-14-33-26(21)40-2/h3-6,11,13-14,16H,7-10,12H2,1-2H3,(H,34,39). The van der Waals surface area contributed by atoms with Gasteiger partial charge >= 0.3 is 6.18 Å². The van der Waals surface area contributed by atoms with Crippen LogP contribution in [-0.4, -0.2) is 49.0 Å². The molecule has 2 aliphatic rings. The number of benzene rings is 1. The Kier molecular flexibility index (Phi) is 6.35. The zero-order valence-corrected chi connectivity index (χ0v) is 21.7. The summed E-state index contributed by atoms with van der Waals surface area (Å²) in [5.41, 5.74) is 2.47. The quantitative estimate of drug-likeness (QED) is 0.371. The molecule has 6 rings (SSSR count). The Balaban J connectivity index is 1.32. The van der Waals surface area contributed by atoms with Crippen LogP contribution >= 0.6 is 0 Å². The summed E-state index contributed by atoms with van der Waals surface area (Å²) < 4.78 is 46.2. The molecule has 206 valence electrons. The second-order valence-electron chi connectivity index (χ2n) is 9.82. The predicted molar refractivity (Wildman–Crippen MR) is 140 cm³/mol. The van der Waals surface area contributed by atoms with Gasteiger partial charge < -0.3 is 19.5 Å². The van der Waals surface area contributed by atoms with E-state index in [2.05, 4.69) is 25.3 Å². The van der Waals surface area contributed by atoms with Crippen molar-refractivity contribution in [3.8, 4) is 28.7 Å². The zero-order chi connectivity index (χ0) is 28.0. The van der Waals surface area contributed by atoms with Crippen molar-refractivity contribution in [2.24, 2.45) is 7.05 Å². The van der Waals surface area contributed by atoms with E-state index in [1.807, 2.05) is 17.0 Å². The van der Waals surface area contributed by atoms with Gasteiger partial charge in [-0.25, -0.2) is 24.9 Å². The lowest BCUT2D eigenvalue weighted by Gasteiger charge is -2.23. The Morgan fingerprint density at radius 3 is 2.55 bits per heavy atom. The zero-order valence-electron chi connectivity index (χ0n) is 21.7. The fourth-order valence-electron chi connectivity index (χ4n) is 4.80. The number of ether oxygens (including phenoxy) is 1. The summed E-state index contributed by atoms with van der Waals surface area (Å²) >= 11 is 0. The Hall–Kier alpha value is -4.55. The number of hydrogen-bond donors (Lipinski definition) is 1. The maximum atomic E-state index is 13.1. The van der Waals surface area contributed by atoms with Crippen LogP contribution < -0.4 is 15.0 Å². The molecule has 10 nitrogen and oxygen atoms in total. The lowest BCUT2D eigenvalue weighted by atomic mass is 10.1. The van der Waals surface area contributed by atoms with Gasteiger partial charge in [0, 0.05) is 44.2 Å². The minimum atomic E-state index is -4.52. The molecule has 1 saturated carbocycles. The van der Waals surface area contributed by atoms with Gasteiger partial charge in [-0.3, -0.25) is 4.79 Å². The lowest BCUT2D eigenvalue weighted by molar-refractivity contribution is -0.140. The van der Waals surface area contributed by atoms with Crippen LogP contribution in [0.3, 0.4) is 0 Å². The van der Waals surface area contributed by atoms with Crippen molar-refractivity contribution in [1.82, 2.24) is 29.5 Å². The van der Waals surface area contributed by atoms with Crippen molar-refractivity contribution in [3.63, 3.8) is 0 Å². The van der Waals surface area contributed by atoms with Crippen LogP contribution in [-0.2, 0) is 24.6 Å². The molecule has 13 heteroatoms. The third kappa shape index (κ3) is 4.94. The summed E-state index contributed by atoms with van der Waals surface area (Å²) in [6.45, 7) is 0.814. The molecule has 1 aliphatic carbocycles. The molecule has 0 radical (unpaired) electrons. The van der Waals surface area contributed by atoms with Crippen LogP contribution in [0, 0.1) is 0 Å². The molecule has 4 aromatic rings. The highest BCUT2D eigenvalue weighted by Gasteiger charge is 2.35. The molecule has 1 amide bonds. The molecule has 4 heterocycles. The number of anilines is 2. The smallest absolute Gasteiger partial charge is 0.434 e. The molecule has 0 saturated heterocycles. The van der Waals surface area contributed by atoms with Crippen molar-refractivity contribution in [2.45, 2.75) is 37.9 Å². The second kappa shape index (κ2) is 9.88. The SMILES string of the molecule is COc1ncnc(C2CC2)c1-c1ncc2c(n1)N(Cc1ccc(-c3nc(C(F)(F)F)cn3C)cc1)CCC(=O)N2. The molecule has 1 fully saturated rings. The third-order valence-electron chi connectivity index (χ3n) is 6.93. The number of carbonyl (C=O) groups excluding carboxylic acids is 1. The van der Waals surface area contributed by atoms with E-state index in [0.29, 0.717) is 53.3 Å². The number of aryl methyl sites for hydroxylation is 1. The number of hydrogen-bond acceptors (Lipinski definition) is 8. The molecule has 1 N–H and O–H groups in total. The van der Waals surface area contributed by atoms with E-state index in [0.717, 1.165) is 30.3 Å². The number of nitrogens with one attached hydrogen (secondary N) is 1. The minimum Gasteiger partial charge on any atom is -0.480 e. The first-order valence-electron chi connectivity index (χ1n) is 12.7. The maximum absolute atomic E-state index is 13.1. The number of nitrogens with zero attached hydrogens (tertiary/aromatic N) is 7. The number of fused-ring (bicyclic) bond motifs is 1.